The van der Waals surface area contributed by atoms with Crippen LogP contribution in [0.1, 0.15) is 104 Å². The van der Waals surface area contributed by atoms with Crippen molar-refractivity contribution < 1.29 is 0 Å². The molecule has 0 spiro atoms. The molecule has 1 aromatic carbocycles. The van der Waals surface area contributed by atoms with Crippen LogP contribution < -0.4 is 0 Å². The Labute approximate surface area is 139 Å². The third-order valence-electron chi connectivity index (χ3n) is 5.20. The van der Waals surface area contributed by atoms with Crippen LogP contribution in [-0.2, 0) is 10.8 Å². The fourth-order valence-corrected chi connectivity index (χ4v) is 3.57. The summed E-state index contributed by atoms with van der Waals surface area (Å²) in [5, 5.41) is 0. The van der Waals surface area contributed by atoms with Crippen LogP contribution in [0.15, 0.2) is 24.3 Å². The van der Waals surface area contributed by atoms with E-state index in [1.165, 1.54) is 51.4 Å². The highest BCUT2D eigenvalue weighted by atomic mass is 14.3. The van der Waals surface area contributed by atoms with Gasteiger partial charge in [-0.15, -0.1) is 0 Å². The Balaban J connectivity index is 2.97. The van der Waals surface area contributed by atoms with E-state index in [0.717, 1.165) is 0 Å². The average molecular weight is 303 g/mol. The summed E-state index contributed by atoms with van der Waals surface area (Å²) >= 11 is 0. The van der Waals surface area contributed by atoms with E-state index >= 15 is 0 Å². The fraction of sp³-hybridized carbons (Fsp3) is 0.727. The Hall–Kier alpha value is -0.780. The van der Waals surface area contributed by atoms with Crippen molar-refractivity contribution >= 4 is 0 Å². The van der Waals surface area contributed by atoms with Crippen molar-refractivity contribution in [3.05, 3.63) is 35.4 Å². The van der Waals surface area contributed by atoms with Gasteiger partial charge < -0.3 is 0 Å². The first kappa shape index (κ1) is 19.3. The highest BCUT2D eigenvalue weighted by molar-refractivity contribution is 5.38. The van der Waals surface area contributed by atoms with Crippen molar-refractivity contribution in [2.45, 2.75) is 104 Å². The van der Waals surface area contributed by atoms with Gasteiger partial charge in [0.05, 0.1) is 0 Å². The van der Waals surface area contributed by atoms with E-state index in [9.17, 15) is 0 Å². The average Bonchev–Trinajstić information content (AvgIpc) is 2.47. The molecule has 0 heterocycles. The first-order chi connectivity index (χ1) is 10.3. The summed E-state index contributed by atoms with van der Waals surface area (Å²) in [6.45, 7) is 14.3. The second-order valence-corrected chi connectivity index (χ2v) is 8.23. The van der Waals surface area contributed by atoms with Gasteiger partial charge in [0, 0.05) is 0 Å². The van der Waals surface area contributed by atoms with E-state index in [2.05, 4.69) is 65.8 Å². The topological polar surface area (TPSA) is 0 Å². The Morgan fingerprint density at radius 3 is 1.32 bits per heavy atom. The number of unbranched alkanes of at least 4 members (excludes halogenated alkanes) is 4. The summed E-state index contributed by atoms with van der Waals surface area (Å²) in [6, 6.07) is 9.21. The van der Waals surface area contributed by atoms with Gasteiger partial charge in [-0.3, -0.25) is 0 Å². The van der Waals surface area contributed by atoms with Gasteiger partial charge in [-0.1, -0.05) is 104 Å². The molecule has 0 aromatic heterocycles. The molecule has 0 bridgehead atoms. The third-order valence-corrected chi connectivity index (χ3v) is 5.20. The van der Waals surface area contributed by atoms with Crippen molar-refractivity contribution in [3.8, 4) is 0 Å². The van der Waals surface area contributed by atoms with Gasteiger partial charge in [-0.2, -0.15) is 0 Å². The normalized spacial score (nSPS) is 12.6. The molecule has 22 heavy (non-hydrogen) atoms. The van der Waals surface area contributed by atoms with Crippen molar-refractivity contribution in [2.75, 3.05) is 0 Å². The molecule has 0 saturated heterocycles. The Kier molecular flexibility index (Phi) is 7.66. The molecule has 0 saturated carbocycles. The predicted molar refractivity (Wildman–Crippen MR) is 101 cm³/mol. The lowest BCUT2D eigenvalue weighted by Crippen LogP contribution is -2.26. The zero-order chi connectivity index (χ0) is 16.6. The number of benzene rings is 1. The molecular formula is C22H38. The summed E-state index contributed by atoms with van der Waals surface area (Å²) in [6.07, 6.45) is 10.6. The van der Waals surface area contributed by atoms with E-state index in [1.807, 2.05) is 0 Å². The number of rotatable bonds is 10. The van der Waals surface area contributed by atoms with Crippen molar-refractivity contribution in [1.82, 2.24) is 0 Å². The Morgan fingerprint density at radius 1 is 0.636 bits per heavy atom. The molecule has 0 radical (unpaired) electrons. The minimum atomic E-state index is 0.286. The Bertz CT molecular complexity index is 384. The van der Waals surface area contributed by atoms with Crippen molar-refractivity contribution in [2.24, 2.45) is 0 Å². The predicted octanol–water partition coefficient (Wildman–Crippen LogP) is 7.40. The maximum absolute atomic E-state index is 2.43. The highest BCUT2D eigenvalue weighted by Crippen LogP contribution is 2.39. The fourth-order valence-electron chi connectivity index (χ4n) is 3.57. The van der Waals surface area contributed by atoms with Crippen LogP contribution in [0.5, 0.6) is 0 Å². The van der Waals surface area contributed by atoms with Crippen molar-refractivity contribution in [3.63, 3.8) is 0 Å². The molecule has 1 aromatic rings. The monoisotopic (exact) mass is 302 g/mol. The van der Waals surface area contributed by atoms with Gasteiger partial charge in [0.25, 0.3) is 0 Å². The molecule has 1 rings (SSSR count). The molecule has 0 amide bonds. The number of hydrogen-bond acceptors (Lipinski definition) is 0. The third kappa shape index (κ3) is 5.45. The van der Waals surface area contributed by atoms with Gasteiger partial charge >= 0.3 is 0 Å². The second kappa shape index (κ2) is 8.75. The van der Waals surface area contributed by atoms with Crippen LogP contribution in [0.3, 0.4) is 0 Å². The quantitative estimate of drug-likeness (QED) is 0.395. The van der Waals surface area contributed by atoms with Gasteiger partial charge in [0.2, 0.25) is 0 Å². The van der Waals surface area contributed by atoms with Gasteiger partial charge in [0.15, 0.2) is 0 Å². The van der Waals surface area contributed by atoms with Crippen LogP contribution >= 0.6 is 0 Å². The zero-order valence-electron chi connectivity index (χ0n) is 16.0. The van der Waals surface area contributed by atoms with E-state index < -0.39 is 0 Å². The molecule has 0 heteroatoms. The molecule has 0 unspecified atom stereocenters. The summed E-state index contributed by atoms with van der Waals surface area (Å²) in [4.78, 5) is 0. The highest BCUT2D eigenvalue weighted by Gasteiger charge is 2.29. The standard InChI is InChI=1S/C22H38/c1-7-9-13-17-21(3,4)19-15-11-12-16-20(19)22(5,6)18-14-10-8-2/h11-12,15-16H,7-10,13-14,17-18H2,1-6H3. The lowest BCUT2D eigenvalue weighted by Gasteiger charge is -2.35. The molecule has 0 fully saturated rings. The van der Waals surface area contributed by atoms with Crippen LogP contribution in [0.4, 0.5) is 0 Å². The molecule has 0 aliphatic carbocycles. The molecular weight excluding hydrogens is 264 g/mol. The maximum atomic E-state index is 2.43. The summed E-state index contributed by atoms with van der Waals surface area (Å²) in [7, 11) is 0. The SMILES string of the molecule is CCCCCC(C)(C)c1ccccc1C(C)(C)CCCCC. The van der Waals surface area contributed by atoms with Gasteiger partial charge in [0.1, 0.15) is 0 Å². The zero-order valence-corrected chi connectivity index (χ0v) is 16.0. The summed E-state index contributed by atoms with van der Waals surface area (Å²) < 4.78 is 0. The molecule has 0 nitrogen and oxygen atoms in total. The van der Waals surface area contributed by atoms with Crippen LogP contribution in [0.2, 0.25) is 0 Å². The van der Waals surface area contributed by atoms with Crippen LogP contribution in [-0.4, -0.2) is 0 Å². The Morgan fingerprint density at radius 2 is 1.00 bits per heavy atom. The van der Waals surface area contributed by atoms with Gasteiger partial charge in [-0.25, -0.2) is 0 Å². The van der Waals surface area contributed by atoms with E-state index in [-0.39, 0.29) is 10.8 Å². The van der Waals surface area contributed by atoms with E-state index in [0.29, 0.717) is 0 Å². The number of hydrogen-bond donors (Lipinski definition) is 0. The minimum absolute atomic E-state index is 0.286. The van der Waals surface area contributed by atoms with Crippen LogP contribution in [0.25, 0.3) is 0 Å². The van der Waals surface area contributed by atoms with E-state index in [1.54, 1.807) is 11.1 Å². The van der Waals surface area contributed by atoms with Crippen LogP contribution in [0, 0.1) is 0 Å². The first-order valence-electron chi connectivity index (χ1n) is 9.45. The maximum Gasteiger partial charge on any atom is -0.0101 e. The second-order valence-electron chi connectivity index (χ2n) is 8.23. The van der Waals surface area contributed by atoms with Gasteiger partial charge in [-0.05, 0) is 34.8 Å². The summed E-state index contributed by atoms with van der Waals surface area (Å²) in [5.41, 5.74) is 3.72. The molecule has 0 aliphatic heterocycles. The molecule has 0 atom stereocenters. The largest absolute Gasteiger partial charge is 0.0654 e. The minimum Gasteiger partial charge on any atom is -0.0654 e. The molecule has 0 aliphatic rings. The lowest BCUT2D eigenvalue weighted by molar-refractivity contribution is 0.410. The lowest BCUT2D eigenvalue weighted by atomic mass is 9.70. The first-order valence-corrected chi connectivity index (χ1v) is 9.45. The summed E-state index contributed by atoms with van der Waals surface area (Å²) in [5.74, 6) is 0. The molecule has 126 valence electrons. The molecule has 0 N–H and O–H groups in total. The van der Waals surface area contributed by atoms with Crippen molar-refractivity contribution in [1.29, 1.82) is 0 Å². The van der Waals surface area contributed by atoms with E-state index in [4.69, 9.17) is 0 Å². The smallest absolute Gasteiger partial charge is 0.0101 e.